The van der Waals surface area contributed by atoms with Crippen LogP contribution in [-0.2, 0) is 0 Å². The topological polar surface area (TPSA) is 57.8 Å². The molecule has 3 rings (SSSR count). The van der Waals surface area contributed by atoms with E-state index in [1.165, 1.54) is 25.7 Å². The molecule has 19 heavy (non-hydrogen) atoms. The molecule has 0 aliphatic heterocycles. The first-order valence-corrected chi connectivity index (χ1v) is 6.88. The second kappa shape index (κ2) is 4.68. The van der Waals surface area contributed by atoms with Gasteiger partial charge in [0, 0.05) is 17.5 Å². The number of nitrogens with zero attached hydrogens (tertiary/aromatic N) is 1. The number of nitrogens with one attached hydrogen (secondary N) is 2. The fraction of sp³-hybridized carbons (Fsp3) is 0.467. The van der Waals surface area contributed by atoms with E-state index in [9.17, 15) is 4.79 Å². The molecule has 100 valence electrons. The van der Waals surface area contributed by atoms with Crippen LogP contribution in [0.1, 0.15) is 43.0 Å². The summed E-state index contributed by atoms with van der Waals surface area (Å²) in [7, 11) is 0. The summed E-state index contributed by atoms with van der Waals surface area (Å²) in [6.07, 6.45) is 6.76. The van der Waals surface area contributed by atoms with Crippen molar-refractivity contribution in [1.82, 2.24) is 15.5 Å². The third-order valence-corrected chi connectivity index (χ3v) is 4.19. The predicted octanol–water partition coefficient (Wildman–Crippen LogP) is 2.87. The molecule has 0 radical (unpaired) electrons. The van der Waals surface area contributed by atoms with Gasteiger partial charge in [-0.25, -0.2) is 0 Å². The number of aromatic nitrogens is 2. The van der Waals surface area contributed by atoms with Crippen LogP contribution in [0.25, 0.3) is 10.9 Å². The standard InChI is InChI=1S/C15H19N3O/c1-15(6-2-3-7-15)10-16-14(19)11-4-5-12-9-17-18-13(12)8-11/h4-5,8-9H,2-3,6-7,10H2,1H3,(H,16,19)(H,17,18). The number of hydrogen-bond acceptors (Lipinski definition) is 2. The van der Waals surface area contributed by atoms with Gasteiger partial charge in [0.2, 0.25) is 0 Å². The summed E-state index contributed by atoms with van der Waals surface area (Å²) in [5, 5.41) is 10.9. The lowest BCUT2D eigenvalue weighted by atomic mass is 9.89. The average Bonchev–Trinajstić information content (AvgIpc) is 3.04. The number of rotatable bonds is 3. The van der Waals surface area contributed by atoms with Crippen molar-refractivity contribution >= 4 is 16.8 Å². The minimum absolute atomic E-state index is 0.00428. The highest BCUT2D eigenvalue weighted by molar-refractivity contribution is 5.97. The molecule has 2 aromatic rings. The van der Waals surface area contributed by atoms with Crippen molar-refractivity contribution in [3.63, 3.8) is 0 Å². The van der Waals surface area contributed by atoms with Crippen LogP contribution in [0.4, 0.5) is 0 Å². The zero-order valence-corrected chi connectivity index (χ0v) is 11.2. The molecule has 1 aliphatic rings. The van der Waals surface area contributed by atoms with Gasteiger partial charge in [0.1, 0.15) is 0 Å². The molecule has 0 spiro atoms. The lowest BCUT2D eigenvalue weighted by Gasteiger charge is -2.23. The molecule has 1 amide bonds. The van der Waals surface area contributed by atoms with Crippen LogP contribution < -0.4 is 5.32 Å². The SMILES string of the molecule is CC1(CNC(=O)c2ccc3cn[nH]c3c2)CCCC1. The zero-order valence-electron chi connectivity index (χ0n) is 11.2. The molecular formula is C15H19N3O. The Hall–Kier alpha value is -1.84. The summed E-state index contributed by atoms with van der Waals surface area (Å²) in [5.41, 5.74) is 1.88. The Kier molecular flexibility index (Phi) is 3.01. The number of H-pyrrole nitrogens is 1. The molecule has 2 N–H and O–H groups in total. The van der Waals surface area contributed by atoms with Crippen LogP contribution >= 0.6 is 0 Å². The summed E-state index contributed by atoms with van der Waals surface area (Å²) < 4.78 is 0. The summed E-state index contributed by atoms with van der Waals surface area (Å²) in [6, 6.07) is 5.63. The van der Waals surface area contributed by atoms with Gasteiger partial charge in [-0.3, -0.25) is 9.89 Å². The first-order chi connectivity index (χ1) is 9.16. The van der Waals surface area contributed by atoms with E-state index in [4.69, 9.17) is 0 Å². The first kappa shape index (κ1) is 12.2. The van der Waals surface area contributed by atoms with Gasteiger partial charge in [0.05, 0.1) is 11.7 Å². The molecule has 4 heteroatoms. The van der Waals surface area contributed by atoms with E-state index in [1.54, 1.807) is 6.20 Å². The zero-order chi connectivity index (χ0) is 13.3. The highest BCUT2D eigenvalue weighted by Gasteiger charge is 2.28. The maximum Gasteiger partial charge on any atom is 0.251 e. The van der Waals surface area contributed by atoms with Crippen molar-refractivity contribution < 1.29 is 4.79 Å². The van der Waals surface area contributed by atoms with Gasteiger partial charge in [0.15, 0.2) is 0 Å². The van der Waals surface area contributed by atoms with Crippen LogP contribution in [0.15, 0.2) is 24.4 Å². The Morgan fingerprint density at radius 3 is 3.00 bits per heavy atom. The molecule has 1 aromatic carbocycles. The molecule has 1 saturated carbocycles. The number of carbonyl (C=O) groups is 1. The average molecular weight is 257 g/mol. The molecule has 0 saturated heterocycles. The number of amides is 1. The van der Waals surface area contributed by atoms with Crippen LogP contribution in [0.5, 0.6) is 0 Å². The van der Waals surface area contributed by atoms with Gasteiger partial charge in [-0.1, -0.05) is 25.8 Å². The Bertz CT molecular complexity index is 596. The van der Waals surface area contributed by atoms with E-state index < -0.39 is 0 Å². The van der Waals surface area contributed by atoms with Gasteiger partial charge >= 0.3 is 0 Å². The predicted molar refractivity (Wildman–Crippen MR) is 75.0 cm³/mol. The number of benzene rings is 1. The monoisotopic (exact) mass is 257 g/mol. The van der Waals surface area contributed by atoms with Crippen LogP contribution in [0.3, 0.4) is 0 Å². The van der Waals surface area contributed by atoms with E-state index in [2.05, 4.69) is 22.4 Å². The minimum Gasteiger partial charge on any atom is -0.351 e. The quantitative estimate of drug-likeness (QED) is 0.888. The molecule has 1 aliphatic carbocycles. The number of aromatic amines is 1. The van der Waals surface area contributed by atoms with Crippen molar-refractivity contribution in [2.45, 2.75) is 32.6 Å². The normalized spacial score (nSPS) is 17.7. The maximum absolute atomic E-state index is 12.2. The summed E-state index contributed by atoms with van der Waals surface area (Å²) in [5.74, 6) is 0.00428. The van der Waals surface area contributed by atoms with Crippen molar-refractivity contribution in [2.75, 3.05) is 6.54 Å². The van der Waals surface area contributed by atoms with Crippen molar-refractivity contribution in [2.24, 2.45) is 5.41 Å². The van der Waals surface area contributed by atoms with E-state index in [0.717, 1.165) is 17.4 Å². The van der Waals surface area contributed by atoms with Gasteiger partial charge in [0.25, 0.3) is 5.91 Å². The number of carbonyl (C=O) groups excluding carboxylic acids is 1. The third-order valence-electron chi connectivity index (χ3n) is 4.19. The van der Waals surface area contributed by atoms with Gasteiger partial charge in [-0.2, -0.15) is 5.10 Å². The van der Waals surface area contributed by atoms with Crippen LogP contribution in [0, 0.1) is 5.41 Å². The second-order valence-electron chi connectivity index (χ2n) is 5.87. The van der Waals surface area contributed by atoms with Gasteiger partial charge in [-0.05, 0) is 30.4 Å². The van der Waals surface area contributed by atoms with Crippen molar-refractivity contribution in [3.8, 4) is 0 Å². The summed E-state index contributed by atoms with van der Waals surface area (Å²) in [4.78, 5) is 12.2. The van der Waals surface area contributed by atoms with Gasteiger partial charge in [-0.15, -0.1) is 0 Å². The number of hydrogen-bond donors (Lipinski definition) is 2. The van der Waals surface area contributed by atoms with Crippen LogP contribution in [-0.4, -0.2) is 22.6 Å². The van der Waals surface area contributed by atoms with E-state index >= 15 is 0 Å². The fourth-order valence-electron chi connectivity index (χ4n) is 2.88. The van der Waals surface area contributed by atoms with E-state index in [0.29, 0.717) is 5.56 Å². The minimum atomic E-state index is 0.00428. The number of fused-ring (bicyclic) bond motifs is 1. The summed E-state index contributed by atoms with van der Waals surface area (Å²) >= 11 is 0. The molecule has 1 heterocycles. The van der Waals surface area contributed by atoms with E-state index in [-0.39, 0.29) is 11.3 Å². The maximum atomic E-state index is 12.2. The smallest absolute Gasteiger partial charge is 0.251 e. The largest absolute Gasteiger partial charge is 0.351 e. The van der Waals surface area contributed by atoms with E-state index in [1.807, 2.05) is 18.2 Å². The third kappa shape index (κ3) is 2.48. The Balaban J connectivity index is 1.69. The molecule has 0 atom stereocenters. The second-order valence-corrected chi connectivity index (χ2v) is 5.87. The molecule has 1 aromatic heterocycles. The molecular weight excluding hydrogens is 238 g/mol. The Morgan fingerprint density at radius 1 is 1.42 bits per heavy atom. The molecule has 0 bridgehead atoms. The Morgan fingerprint density at radius 2 is 2.21 bits per heavy atom. The molecule has 4 nitrogen and oxygen atoms in total. The summed E-state index contributed by atoms with van der Waals surface area (Å²) in [6.45, 7) is 3.03. The molecule has 0 unspecified atom stereocenters. The lowest BCUT2D eigenvalue weighted by molar-refractivity contribution is 0.0934. The van der Waals surface area contributed by atoms with Crippen molar-refractivity contribution in [1.29, 1.82) is 0 Å². The first-order valence-electron chi connectivity index (χ1n) is 6.88. The highest BCUT2D eigenvalue weighted by Crippen LogP contribution is 2.36. The lowest BCUT2D eigenvalue weighted by Crippen LogP contribution is -2.34. The van der Waals surface area contributed by atoms with Crippen LogP contribution in [0.2, 0.25) is 0 Å². The van der Waals surface area contributed by atoms with Crippen molar-refractivity contribution in [3.05, 3.63) is 30.0 Å². The highest BCUT2D eigenvalue weighted by atomic mass is 16.1. The molecule has 1 fully saturated rings. The van der Waals surface area contributed by atoms with Gasteiger partial charge < -0.3 is 5.32 Å². The Labute approximate surface area is 112 Å². The fourth-order valence-corrected chi connectivity index (χ4v) is 2.88.